The van der Waals surface area contributed by atoms with E-state index in [-0.39, 0.29) is 21.8 Å². The summed E-state index contributed by atoms with van der Waals surface area (Å²) < 4.78 is 69.7. The molecule has 0 heterocycles. The van der Waals surface area contributed by atoms with E-state index in [0.717, 1.165) is 36.4 Å². The van der Waals surface area contributed by atoms with Gasteiger partial charge in [-0.25, -0.2) is 26.4 Å². The molecule has 3 aromatic rings. The van der Waals surface area contributed by atoms with Gasteiger partial charge in [0.05, 0.1) is 21.8 Å². The molecule has 30 heavy (non-hydrogen) atoms. The Labute approximate surface area is 170 Å². The Kier molecular flexibility index (Phi) is 5.70. The summed E-state index contributed by atoms with van der Waals surface area (Å²) in [5, 5.41) is 11.3. The summed E-state index contributed by atoms with van der Waals surface area (Å²) in [6, 6.07) is 10.00. The van der Waals surface area contributed by atoms with Gasteiger partial charge in [-0.1, -0.05) is 6.07 Å². The standard InChI is InChI=1S/C20H15F3N2O4S/c1-11-2-8-16(15(22)10-11)24-19-17(9-7-14(21)18(19)23)25-30(28,29)13-5-3-12(4-6-13)20(26)27/h2-10,24-25H,1H3,(H,26,27). The number of aryl methyl sites for hydroxylation is 1. The molecule has 0 atom stereocenters. The number of carbonyl (C=O) groups is 1. The summed E-state index contributed by atoms with van der Waals surface area (Å²) in [7, 11) is -4.28. The maximum Gasteiger partial charge on any atom is 0.335 e. The van der Waals surface area contributed by atoms with Crippen molar-refractivity contribution in [1.29, 1.82) is 0 Å². The molecular weight excluding hydrogens is 421 g/mol. The number of halogens is 3. The molecule has 10 heteroatoms. The predicted octanol–water partition coefficient (Wildman–Crippen LogP) is 4.65. The van der Waals surface area contributed by atoms with Gasteiger partial charge in [-0.3, -0.25) is 4.72 Å². The SMILES string of the molecule is Cc1ccc(Nc2c(NS(=O)(=O)c3ccc(C(=O)O)cc3)ccc(F)c2F)c(F)c1. The molecule has 6 nitrogen and oxygen atoms in total. The number of rotatable bonds is 6. The minimum absolute atomic E-state index is 0.126. The second-order valence-corrected chi connectivity index (χ2v) is 8.01. The molecule has 0 radical (unpaired) electrons. The quantitative estimate of drug-likeness (QED) is 0.523. The molecule has 0 amide bonds. The van der Waals surface area contributed by atoms with Gasteiger partial charge in [-0.05, 0) is 61.0 Å². The van der Waals surface area contributed by atoms with Gasteiger partial charge in [0.15, 0.2) is 11.6 Å². The number of nitrogens with one attached hydrogen (secondary N) is 2. The van der Waals surface area contributed by atoms with E-state index in [1.807, 2.05) is 0 Å². The van der Waals surface area contributed by atoms with Gasteiger partial charge in [0.1, 0.15) is 11.5 Å². The Morgan fingerprint density at radius 2 is 1.53 bits per heavy atom. The van der Waals surface area contributed by atoms with E-state index >= 15 is 0 Å². The van der Waals surface area contributed by atoms with Crippen LogP contribution in [0.5, 0.6) is 0 Å². The third-order valence-corrected chi connectivity index (χ3v) is 5.52. The third kappa shape index (κ3) is 4.38. The molecule has 0 aliphatic heterocycles. The Morgan fingerprint density at radius 1 is 0.900 bits per heavy atom. The minimum atomic E-state index is -4.28. The van der Waals surface area contributed by atoms with E-state index in [4.69, 9.17) is 5.11 Å². The number of hydrogen-bond acceptors (Lipinski definition) is 4. The monoisotopic (exact) mass is 436 g/mol. The van der Waals surface area contributed by atoms with Crippen molar-refractivity contribution in [2.24, 2.45) is 0 Å². The van der Waals surface area contributed by atoms with Gasteiger partial charge in [0, 0.05) is 0 Å². The molecule has 0 aromatic heterocycles. The van der Waals surface area contributed by atoms with Crippen molar-refractivity contribution in [2.45, 2.75) is 11.8 Å². The molecule has 3 aromatic carbocycles. The van der Waals surface area contributed by atoms with Crippen molar-refractivity contribution < 1.29 is 31.5 Å². The number of anilines is 3. The van der Waals surface area contributed by atoms with Crippen LogP contribution < -0.4 is 10.0 Å². The van der Waals surface area contributed by atoms with Crippen LogP contribution in [0.4, 0.5) is 30.2 Å². The van der Waals surface area contributed by atoms with Gasteiger partial charge in [0.2, 0.25) is 0 Å². The summed E-state index contributed by atoms with van der Waals surface area (Å²) in [5.74, 6) is -4.65. The fourth-order valence-electron chi connectivity index (χ4n) is 2.59. The zero-order valence-electron chi connectivity index (χ0n) is 15.4. The van der Waals surface area contributed by atoms with E-state index in [1.54, 1.807) is 6.92 Å². The van der Waals surface area contributed by atoms with Gasteiger partial charge in [-0.15, -0.1) is 0 Å². The molecule has 0 saturated heterocycles. The molecule has 3 rings (SSSR count). The van der Waals surface area contributed by atoms with Crippen molar-refractivity contribution >= 4 is 33.1 Å². The Morgan fingerprint density at radius 3 is 2.13 bits per heavy atom. The first-order valence-electron chi connectivity index (χ1n) is 8.46. The Hall–Kier alpha value is -3.53. The van der Waals surface area contributed by atoms with Crippen LogP contribution in [0, 0.1) is 24.4 Å². The number of hydrogen-bond donors (Lipinski definition) is 3. The molecule has 0 saturated carbocycles. The lowest BCUT2D eigenvalue weighted by molar-refractivity contribution is 0.0696. The Bertz CT molecular complexity index is 1230. The van der Waals surface area contributed by atoms with Crippen LogP contribution in [0.1, 0.15) is 15.9 Å². The van der Waals surface area contributed by atoms with E-state index < -0.39 is 39.1 Å². The van der Waals surface area contributed by atoms with E-state index in [1.165, 1.54) is 18.2 Å². The Balaban J connectivity index is 1.99. The lowest BCUT2D eigenvalue weighted by Crippen LogP contribution is -2.15. The highest BCUT2D eigenvalue weighted by atomic mass is 32.2. The first-order chi connectivity index (χ1) is 14.1. The zero-order valence-corrected chi connectivity index (χ0v) is 16.2. The fourth-order valence-corrected chi connectivity index (χ4v) is 3.67. The molecule has 0 aliphatic carbocycles. The molecule has 3 N–H and O–H groups in total. The second kappa shape index (κ2) is 8.07. The van der Waals surface area contributed by atoms with Crippen LogP contribution in [-0.2, 0) is 10.0 Å². The number of carboxylic acid groups (broad SMARTS) is 1. The zero-order chi connectivity index (χ0) is 22.1. The van der Waals surface area contributed by atoms with E-state index in [2.05, 4.69) is 10.0 Å². The molecule has 0 aliphatic rings. The topological polar surface area (TPSA) is 95.5 Å². The van der Waals surface area contributed by atoms with E-state index in [0.29, 0.717) is 5.56 Å². The van der Waals surface area contributed by atoms with Crippen LogP contribution in [0.25, 0.3) is 0 Å². The third-order valence-electron chi connectivity index (χ3n) is 4.13. The number of carboxylic acids is 1. The van der Waals surface area contributed by atoms with Crippen molar-refractivity contribution in [2.75, 3.05) is 10.0 Å². The number of aromatic carboxylic acids is 1. The molecule has 0 unspecified atom stereocenters. The first-order valence-corrected chi connectivity index (χ1v) is 9.94. The van der Waals surface area contributed by atoms with E-state index in [9.17, 15) is 26.4 Å². The fraction of sp³-hybridized carbons (Fsp3) is 0.0500. The van der Waals surface area contributed by atoms with Crippen LogP contribution >= 0.6 is 0 Å². The summed E-state index contributed by atoms with van der Waals surface area (Å²) in [4.78, 5) is 10.6. The number of sulfonamides is 1. The molecule has 156 valence electrons. The first kappa shape index (κ1) is 21.2. The van der Waals surface area contributed by atoms with Crippen molar-refractivity contribution in [1.82, 2.24) is 0 Å². The smallest absolute Gasteiger partial charge is 0.335 e. The summed E-state index contributed by atoms with van der Waals surface area (Å²) in [6.45, 7) is 1.64. The lowest BCUT2D eigenvalue weighted by Gasteiger charge is -2.16. The van der Waals surface area contributed by atoms with Crippen molar-refractivity contribution in [3.05, 3.63) is 83.2 Å². The summed E-state index contributed by atoms with van der Waals surface area (Å²) in [5.41, 5.74) is -0.682. The van der Waals surface area contributed by atoms with Crippen LogP contribution in [0.2, 0.25) is 0 Å². The van der Waals surface area contributed by atoms with Gasteiger partial charge in [-0.2, -0.15) is 0 Å². The van der Waals surface area contributed by atoms with Gasteiger partial charge >= 0.3 is 5.97 Å². The van der Waals surface area contributed by atoms with Gasteiger partial charge in [0.25, 0.3) is 10.0 Å². The van der Waals surface area contributed by atoms with Crippen molar-refractivity contribution in [3.8, 4) is 0 Å². The normalized spacial score (nSPS) is 11.2. The molecule has 0 spiro atoms. The van der Waals surface area contributed by atoms with Crippen LogP contribution in [0.15, 0.2) is 59.5 Å². The largest absolute Gasteiger partial charge is 0.478 e. The molecule has 0 fully saturated rings. The molecule has 0 bridgehead atoms. The highest BCUT2D eigenvalue weighted by Gasteiger charge is 2.21. The average molecular weight is 436 g/mol. The lowest BCUT2D eigenvalue weighted by atomic mass is 10.2. The maximum absolute atomic E-state index is 14.4. The highest BCUT2D eigenvalue weighted by Crippen LogP contribution is 2.33. The van der Waals surface area contributed by atoms with Crippen LogP contribution in [-0.4, -0.2) is 19.5 Å². The molecular formula is C20H15F3N2O4S. The summed E-state index contributed by atoms with van der Waals surface area (Å²) >= 11 is 0. The maximum atomic E-state index is 14.4. The predicted molar refractivity (Wildman–Crippen MR) is 105 cm³/mol. The second-order valence-electron chi connectivity index (χ2n) is 6.33. The van der Waals surface area contributed by atoms with Crippen LogP contribution in [0.3, 0.4) is 0 Å². The highest BCUT2D eigenvalue weighted by molar-refractivity contribution is 7.92. The van der Waals surface area contributed by atoms with Gasteiger partial charge < -0.3 is 10.4 Å². The average Bonchev–Trinajstić information content (AvgIpc) is 2.69. The summed E-state index contributed by atoms with van der Waals surface area (Å²) in [6.07, 6.45) is 0. The minimum Gasteiger partial charge on any atom is -0.478 e. The van der Waals surface area contributed by atoms with Crippen molar-refractivity contribution in [3.63, 3.8) is 0 Å². The number of benzene rings is 3.